The predicted molar refractivity (Wildman–Crippen MR) is 83.2 cm³/mol. The van der Waals surface area contributed by atoms with Crippen LogP contribution in [0.4, 0.5) is 0 Å². The Morgan fingerprint density at radius 1 is 1.05 bits per heavy atom. The molecule has 0 spiro atoms. The molecule has 5 heteroatoms. The molecular weight excluding hydrogens is 272 g/mol. The normalized spacial score (nSPS) is 26.8. The molecule has 4 nitrogen and oxygen atoms in total. The topological polar surface area (TPSA) is 49.4 Å². The van der Waals surface area contributed by atoms with E-state index in [2.05, 4.69) is 5.32 Å². The molecule has 20 heavy (non-hydrogen) atoms. The van der Waals surface area contributed by atoms with Crippen molar-refractivity contribution in [2.24, 2.45) is 11.8 Å². The molecule has 1 unspecified atom stereocenters. The van der Waals surface area contributed by atoms with Crippen LogP contribution in [0.1, 0.15) is 51.4 Å². The van der Waals surface area contributed by atoms with E-state index < -0.39 is 10.0 Å². The Morgan fingerprint density at radius 2 is 1.75 bits per heavy atom. The number of rotatable bonds is 6. The third-order valence-corrected chi connectivity index (χ3v) is 6.11. The maximum Gasteiger partial charge on any atom is 0.211 e. The van der Waals surface area contributed by atoms with Gasteiger partial charge in [-0.05, 0) is 44.2 Å². The molecule has 0 aromatic heterocycles. The standard InChI is InChI=1S/C15H30N2O2S/c1-20(18,19)17-11-5-8-15(13-17)12-16-10-9-14-6-3-2-4-7-14/h14-16H,2-13H2,1H3. The van der Waals surface area contributed by atoms with Gasteiger partial charge in [0.1, 0.15) is 0 Å². The van der Waals surface area contributed by atoms with Gasteiger partial charge in [-0.25, -0.2) is 12.7 Å². The fourth-order valence-electron chi connectivity index (χ4n) is 3.58. The summed E-state index contributed by atoms with van der Waals surface area (Å²) < 4.78 is 24.8. The third-order valence-electron chi connectivity index (χ3n) is 4.84. The van der Waals surface area contributed by atoms with Gasteiger partial charge in [0.25, 0.3) is 0 Å². The van der Waals surface area contributed by atoms with Crippen LogP contribution < -0.4 is 5.32 Å². The van der Waals surface area contributed by atoms with Gasteiger partial charge in [0.15, 0.2) is 0 Å². The van der Waals surface area contributed by atoms with Crippen LogP contribution in [0.2, 0.25) is 0 Å². The van der Waals surface area contributed by atoms with Gasteiger partial charge in [-0.2, -0.15) is 0 Å². The first-order chi connectivity index (χ1) is 9.55. The summed E-state index contributed by atoms with van der Waals surface area (Å²) >= 11 is 0. The first-order valence-electron chi connectivity index (χ1n) is 8.21. The van der Waals surface area contributed by atoms with Gasteiger partial charge < -0.3 is 5.32 Å². The van der Waals surface area contributed by atoms with E-state index in [0.29, 0.717) is 19.0 Å². The van der Waals surface area contributed by atoms with E-state index in [4.69, 9.17) is 0 Å². The van der Waals surface area contributed by atoms with Crippen LogP contribution in [-0.4, -0.2) is 45.2 Å². The minimum atomic E-state index is -3.00. The van der Waals surface area contributed by atoms with Gasteiger partial charge in [-0.1, -0.05) is 32.1 Å². The fraction of sp³-hybridized carbons (Fsp3) is 1.00. The van der Waals surface area contributed by atoms with Gasteiger partial charge >= 0.3 is 0 Å². The first kappa shape index (κ1) is 16.2. The van der Waals surface area contributed by atoms with Gasteiger partial charge in [0.05, 0.1) is 6.26 Å². The Hall–Kier alpha value is -0.130. The Morgan fingerprint density at radius 3 is 2.45 bits per heavy atom. The van der Waals surface area contributed by atoms with Crippen molar-refractivity contribution in [1.82, 2.24) is 9.62 Å². The second kappa shape index (κ2) is 7.76. The van der Waals surface area contributed by atoms with Crippen LogP contribution in [0.15, 0.2) is 0 Å². The highest BCUT2D eigenvalue weighted by Crippen LogP contribution is 2.25. The van der Waals surface area contributed by atoms with Crippen LogP contribution in [0.3, 0.4) is 0 Å². The fourth-order valence-corrected chi connectivity index (χ4v) is 4.53. The molecule has 1 saturated carbocycles. The summed E-state index contributed by atoms with van der Waals surface area (Å²) in [7, 11) is -3.00. The number of piperidine rings is 1. The zero-order valence-corrected chi connectivity index (χ0v) is 13.6. The summed E-state index contributed by atoms with van der Waals surface area (Å²) in [6.07, 6.45) is 11.8. The van der Waals surface area contributed by atoms with E-state index in [9.17, 15) is 8.42 Å². The number of sulfonamides is 1. The van der Waals surface area contributed by atoms with Gasteiger partial charge in [0, 0.05) is 13.1 Å². The molecule has 0 radical (unpaired) electrons. The summed E-state index contributed by atoms with van der Waals surface area (Å²) in [5.74, 6) is 1.42. The molecule has 2 aliphatic rings. The van der Waals surface area contributed by atoms with Crippen molar-refractivity contribution in [2.45, 2.75) is 51.4 Å². The molecule has 0 aromatic carbocycles. The zero-order chi connectivity index (χ0) is 14.4. The Bertz CT molecular complexity index is 377. The van der Waals surface area contributed by atoms with E-state index in [0.717, 1.165) is 31.8 Å². The molecule has 2 rings (SSSR count). The number of hydrogen-bond donors (Lipinski definition) is 1. The zero-order valence-electron chi connectivity index (χ0n) is 12.8. The molecule has 1 saturated heterocycles. The Labute approximate surface area is 124 Å². The molecule has 1 aliphatic heterocycles. The monoisotopic (exact) mass is 302 g/mol. The van der Waals surface area contributed by atoms with Crippen LogP contribution in [0.5, 0.6) is 0 Å². The van der Waals surface area contributed by atoms with Crippen molar-refractivity contribution in [1.29, 1.82) is 0 Å². The van der Waals surface area contributed by atoms with Crippen molar-refractivity contribution in [3.05, 3.63) is 0 Å². The van der Waals surface area contributed by atoms with Crippen molar-refractivity contribution in [3.8, 4) is 0 Å². The average Bonchev–Trinajstić information content (AvgIpc) is 2.44. The second-order valence-electron chi connectivity index (χ2n) is 6.63. The lowest BCUT2D eigenvalue weighted by molar-refractivity contribution is 0.257. The molecule has 0 aromatic rings. The lowest BCUT2D eigenvalue weighted by atomic mass is 9.87. The van der Waals surface area contributed by atoms with Crippen molar-refractivity contribution >= 4 is 10.0 Å². The molecule has 0 amide bonds. The molecule has 118 valence electrons. The SMILES string of the molecule is CS(=O)(=O)N1CCCC(CNCCC2CCCCC2)C1. The van der Waals surface area contributed by atoms with Crippen LogP contribution >= 0.6 is 0 Å². The lowest BCUT2D eigenvalue weighted by Crippen LogP contribution is -2.42. The number of nitrogens with zero attached hydrogens (tertiary/aromatic N) is 1. The minimum absolute atomic E-state index is 0.491. The quantitative estimate of drug-likeness (QED) is 0.765. The van der Waals surface area contributed by atoms with E-state index in [1.165, 1.54) is 44.8 Å². The first-order valence-corrected chi connectivity index (χ1v) is 10.1. The predicted octanol–water partition coefficient (Wildman–Crippen LogP) is 2.22. The van der Waals surface area contributed by atoms with Crippen molar-refractivity contribution in [2.75, 3.05) is 32.4 Å². The van der Waals surface area contributed by atoms with E-state index >= 15 is 0 Å². The van der Waals surface area contributed by atoms with Crippen molar-refractivity contribution < 1.29 is 8.42 Å². The Balaban J connectivity index is 1.61. The van der Waals surface area contributed by atoms with Gasteiger partial charge in [-0.15, -0.1) is 0 Å². The van der Waals surface area contributed by atoms with Crippen molar-refractivity contribution in [3.63, 3.8) is 0 Å². The van der Waals surface area contributed by atoms with Crippen LogP contribution in [-0.2, 0) is 10.0 Å². The maximum atomic E-state index is 11.6. The highest BCUT2D eigenvalue weighted by molar-refractivity contribution is 7.88. The third kappa shape index (κ3) is 5.34. The summed E-state index contributed by atoms with van der Waals surface area (Å²) in [5.41, 5.74) is 0. The smallest absolute Gasteiger partial charge is 0.211 e. The van der Waals surface area contributed by atoms with Gasteiger partial charge in [-0.3, -0.25) is 0 Å². The summed E-state index contributed by atoms with van der Waals surface area (Å²) in [5, 5.41) is 3.55. The minimum Gasteiger partial charge on any atom is -0.316 e. The molecular formula is C15H30N2O2S. The Kier molecular flexibility index (Phi) is 6.30. The summed E-state index contributed by atoms with van der Waals surface area (Å²) in [6.45, 7) is 3.48. The average molecular weight is 302 g/mol. The van der Waals surface area contributed by atoms with Gasteiger partial charge in [0.2, 0.25) is 10.0 Å². The van der Waals surface area contributed by atoms with E-state index in [1.54, 1.807) is 4.31 Å². The molecule has 1 heterocycles. The molecule has 1 atom stereocenters. The van der Waals surface area contributed by atoms with E-state index in [1.807, 2.05) is 0 Å². The maximum absolute atomic E-state index is 11.6. The highest BCUT2D eigenvalue weighted by Gasteiger charge is 2.25. The summed E-state index contributed by atoms with van der Waals surface area (Å²) in [6, 6.07) is 0. The molecule has 2 fully saturated rings. The second-order valence-corrected chi connectivity index (χ2v) is 8.61. The van der Waals surface area contributed by atoms with Crippen LogP contribution in [0.25, 0.3) is 0 Å². The lowest BCUT2D eigenvalue weighted by Gasteiger charge is -2.31. The molecule has 1 N–H and O–H groups in total. The molecule has 0 bridgehead atoms. The largest absolute Gasteiger partial charge is 0.316 e. The molecule has 1 aliphatic carbocycles. The highest BCUT2D eigenvalue weighted by atomic mass is 32.2. The number of nitrogens with one attached hydrogen (secondary N) is 1. The van der Waals surface area contributed by atoms with E-state index in [-0.39, 0.29) is 0 Å². The summed E-state index contributed by atoms with van der Waals surface area (Å²) in [4.78, 5) is 0. The number of hydrogen-bond acceptors (Lipinski definition) is 3. The van der Waals surface area contributed by atoms with Crippen LogP contribution in [0, 0.1) is 11.8 Å².